The maximum absolute atomic E-state index is 5.09. The van der Waals surface area contributed by atoms with Crippen LogP contribution in [0.4, 0.5) is 0 Å². The fourth-order valence-electron chi connectivity index (χ4n) is 2.33. The molecule has 0 fully saturated rings. The number of rotatable bonds is 6. The average molecular weight is 251 g/mol. The van der Waals surface area contributed by atoms with E-state index in [1.807, 2.05) is 11.8 Å². The Hall–Kier alpha value is -0.510. The molecule has 0 spiro atoms. The van der Waals surface area contributed by atoms with Crippen molar-refractivity contribution in [3.8, 4) is 0 Å². The molecule has 17 heavy (non-hydrogen) atoms. The van der Waals surface area contributed by atoms with E-state index in [0.29, 0.717) is 5.92 Å². The Kier molecular flexibility index (Phi) is 4.89. The van der Waals surface area contributed by atoms with Gasteiger partial charge in [0, 0.05) is 43.4 Å². The van der Waals surface area contributed by atoms with Crippen LogP contribution in [0.25, 0.3) is 0 Å². The van der Waals surface area contributed by atoms with Crippen molar-refractivity contribution in [1.29, 1.82) is 0 Å². The van der Waals surface area contributed by atoms with Crippen LogP contribution in [0.1, 0.15) is 17.9 Å². The fourth-order valence-corrected chi connectivity index (χ4v) is 3.57. The Bertz CT molecular complexity index is 356. The maximum Gasteiger partial charge on any atom is 0.0474 e. The molecule has 2 nitrogen and oxygen atoms in total. The van der Waals surface area contributed by atoms with Crippen molar-refractivity contribution in [2.45, 2.75) is 17.2 Å². The van der Waals surface area contributed by atoms with E-state index in [2.05, 4.69) is 36.2 Å². The van der Waals surface area contributed by atoms with Gasteiger partial charge in [0.05, 0.1) is 0 Å². The topological polar surface area (TPSA) is 12.5 Å². The molecule has 0 radical (unpaired) electrons. The second-order valence-corrected chi connectivity index (χ2v) is 5.72. The zero-order valence-electron chi connectivity index (χ0n) is 10.7. The van der Waals surface area contributed by atoms with E-state index in [-0.39, 0.29) is 0 Å². The van der Waals surface area contributed by atoms with Gasteiger partial charge in [0.25, 0.3) is 0 Å². The summed E-state index contributed by atoms with van der Waals surface area (Å²) in [4.78, 5) is 3.90. The van der Waals surface area contributed by atoms with Gasteiger partial charge >= 0.3 is 0 Å². The first-order chi connectivity index (χ1) is 8.31. The summed E-state index contributed by atoms with van der Waals surface area (Å²) >= 11 is 1.99. The zero-order chi connectivity index (χ0) is 12.1. The summed E-state index contributed by atoms with van der Waals surface area (Å²) in [5.74, 6) is 1.93. The first-order valence-electron chi connectivity index (χ1n) is 6.20. The Morgan fingerprint density at radius 3 is 3.06 bits per heavy atom. The molecule has 0 saturated heterocycles. The van der Waals surface area contributed by atoms with Gasteiger partial charge in [-0.2, -0.15) is 0 Å². The molecule has 0 aromatic heterocycles. The predicted molar refractivity (Wildman–Crippen MR) is 73.9 cm³/mol. The van der Waals surface area contributed by atoms with Crippen LogP contribution in [-0.2, 0) is 4.74 Å². The van der Waals surface area contributed by atoms with Crippen LogP contribution in [0.2, 0.25) is 0 Å². The molecule has 1 atom stereocenters. The molecule has 0 N–H and O–H groups in total. The van der Waals surface area contributed by atoms with E-state index in [4.69, 9.17) is 4.74 Å². The molecule has 1 unspecified atom stereocenters. The monoisotopic (exact) mass is 251 g/mol. The summed E-state index contributed by atoms with van der Waals surface area (Å²) in [6, 6.07) is 8.81. The summed E-state index contributed by atoms with van der Waals surface area (Å²) in [6.45, 7) is 3.14. The summed E-state index contributed by atoms with van der Waals surface area (Å²) in [5.41, 5.74) is 1.54. The number of thioether (sulfide) groups is 1. The number of likely N-dealkylation sites (N-methyl/N-ethyl adjacent to an activating group) is 1. The number of benzene rings is 1. The second-order valence-electron chi connectivity index (χ2n) is 4.65. The Morgan fingerprint density at radius 1 is 1.41 bits per heavy atom. The summed E-state index contributed by atoms with van der Waals surface area (Å²) < 4.78 is 5.09. The lowest BCUT2D eigenvalue weighted by molar-refractivity contribution is 0.178. The van der Waals surface area contributed by atoms with Gasteiger partial charge in [-0.05, 0) is 25.1 Å². The molecule has 1 aromatic rings. The highest BCUT2D eigenvalue weighted by Gasteiger charge is 2.23. The molecule has 94 valence electrons. The SMILES string of the molecule is COCCCN(C)CC1CSc2ccccc21. The predicted octanol–water partition coefficient (Wildman–Crippen LogP) is 2.84. The van der Waals surface area contributed by atoms with Gasteiger partial charge in [-0.15, -0.1) is 11.8 Å². The molecule has 0 amide bonds. The van der Waals surface area contributed by atoms with Crippen LogP contribution in [0.3, 0.4) is 0 Å². The van der Waals surface area contributed by atoms with Gasteiger partial charge in [-0.25, -0.2) is 0 Å². The fraction of sp³-hybridized carbons (Fsp3) is 0.571. The quantitative estimate of drug-likeness (QED) is 0.721. The van der Waals surface area contributed by atoms with Gasteiger partial charge in [-0.3, -0.25) is 0 Å². The van der Waals surface area contributed by atoms with Gasteiger partial charge in [-0.1, -0.05) is 18.2 Å². The molecule has 2 rings (SSSR count). The van der Waals surface area contributed by atoms with Gasteiger partial charge < -0.3 is 9.64 Å². The molecule has 3 heteroatoms. The van der Waals surface area contributed by atoms with Crippen LogP contribution < -0.4 is 0 Å². The van der Waals surface area contributed by atoms with Crippen LogP contribution in [0.5, 0.6) is 0 Å². The Balaban J connectivity index is 1.84. The summed E-state index contributed by atoms with van der Waals surface area (Å²) in [5, 5.41) is 0. The Morgan fingerprint density at radius 2 is 2.24 bits per heavy atom. The number of hydrogen-bond acceptors (Lipinski definition) is 3. The van der Waals surface area contributed by atoms with E-state index < -0.39 is 0 Å². The molecule has 0 bridgehead atoms. The van der Waals surface area contributed by atoms with Crippen molar-refractivity contribution in [1.82, 2.24) is 4.90 Å². The van der Waals surface area contributed by atoms with Crippen molar-refractivity contribution < 1.29 is 4.74 Å². The van der Waals surface area contributed by atoms with Crippen molar-refractivity contribution in [2.75, 3.05) is 39.6 Å². The lowest BCUT2D eigenvalue weighted by atomic mass is 10.0. The maximum atomic E-state index is 5.09. The summed E-state index contributed by atoms with van der Waals surface area (Å²) in [6.07, 6.45) is 1.12. The Labute approximate surface area is 108 Å². The third-order valence-electron chi connectivity index (χ3n) is 3.22. The van der Waals surface area contributed by atoms with Gasteiger partial charge in [0.15, 0.2) is 0 Å². The molecule has 1 aromatic carbocycles. The molecule has 1 aliphatic rings. The van der Waals surface area contributed by atoms with E-state index in [1.165, 1.54) is 16.2 Å². The minimum Gasteiger partial charge on any atom is -0.385 e. The van der Waals surface area contributed by atoms with Crippen LogP contribution in [0, 0.1) is 0 Å². The van der Waals surface area contributed by atoms with Gasteiger partial charge in [0.2, 0.25) is 0 Å². The third kappa shape index (κ3) is 3.47. The first-order valence-corrected chi connectivity index (χ1v) is 7.19. The standard InChI is InChI=1S/C14H21NOS/c1-15(8-5-9-16-2)10-12-11-17-14-7-4-3-6-13(12)14/h3-4,6-7,12H,5,8-11H2,1-2H3. The minimum absolute atomic E-state index is 0.698. The minimum atomic E-state index is 0.698. The molecular weight excluding hydrogens is 230 g/mol. The molecule has 0 aliphatic carbocycles. The van der Waals surface area contributed by atoms with Crippen molar-refractivity contribution in [3.63, 3.8) is 0 Å². The van der Waals surface area contributed by atoms with E-state index >= 15 is 0 Å². The van der Waals surface area contributed by atoms with E-state index in [0.717, 1.165) is 26.1 Å². The zero-order valence-corrected chi connectivity index (χ0v) is 11.5. The van der Waals surface area contributed by atoms with Crippen molar-refractivity contribution in [3.05, 3.63) is 29.8 Å². The highest BCUT2D eigenvalue weighted by atomic mass is 32.2. The number of ether oxygens (including phenoxy) is 1. The number of fused-ring (bicyclic) bond motifs is 1. The molecule has 0 saturated carbocycles. The van der Waals surface area contributed by atoms with Crippen LogP contribution >= 0.6 is 11.8 Å². The van der Waals surface area contributed by atoms with Crippen LogP contribution in [0.15, 0.2) is 29.2 Å². The lowest BCUT2D eigenvalue weighted by Gasteiger charge is -2.21. The third-order valence-corrected chi connectivity index (χ3v) is 4.47. The smallest absolute Gasteiger partial charge is 0.0474 e. The molecular formula is C14H21NOS. The lowest BCUT2D eigenvalue weighted by Crippen LogP contribution is -2.26. The van der Waals surface area contributed by atoms with Crippen molar-refractivity contribution >= 4 is 11.8 Å². The molecule has 1 heterocycles. The van der Waals surface area contributed by atoms with Crippen molar-refractivity contribution in [2.24, 2.45) is 0 Å². The largest absolute Gasteiger partial charge is 0.385 e. The van der Waals surface area contributed by atoms with Crippen LogP contribution in [-0.4, -0.2) is 44.5 Å². The number of methoxy groups -OCH3 is 1. The number of nitrogens with zero attached hydrogens (tertiary/aromatic N) is 1. The highest BCUT2D eigenvalue weighted by Crippen LogP contribution is 2.39. The van der Waals surface area contributed by atoms with E-state index in [1.54, 1.807) is 7.11 Å². The normalized spacial score (nSPS) is 18.6. The highest BCUT2D eigenvalue weighted by molar-refractivity contribution is 7.99. The van der Waals surface area contributed by atoms with E-state index in [9.17, 15) is 0 Å². The van der Waals surface area contributed by atoms with Gasteiger partial charge in [0.1, 0.15) is 0 Å². The summed E-state index contributed by atoms with van der Waals surface area (Å²) in [7, 11) is 3.98. The second kappa shape index (κ2) is 6.43. The number of hydrogen-bond donors (Lipinski definition) is 0. The first kappa shape index (κ1) is 12.9. The molecule has 1 aliphatic heterocycles. The average Bonchev–Trinajstić information content (AvgIpc) is 2.73.